The molecule has 0 saturated carbocycles. The van der Waals surface area contributed by atoms with Gasteiger partial charge in [0.2, 0.25) is 0 Å². The number of amides is 1. The van der Waals surface area contributed by atoms with Gasteiger partial charge in [-0.25, -0.2) is 9.59 Å². The van der Waals surface area contributed by atoms with Gasteiger partial charge < -0.3 is 19.5 Å². The van der Waals surface area contributed by atoms with Gasteiger partial charge in [-0.15, -0.1) is 0 Å². The zero-order valence-electron chi connectivity index (χ0n) is 18.8. The molecule has 1 aromatic heterocycles. The van der Waals surface area contributed by atoms with Crippen LogP contribution in [0.3, 0.4) is 0 Å². The first-order valence-electron chi connectivity index (χ1n) is 10.4. The molecule has 1 heterocycles. The molecule has 0 radical (unpaired) electrons. The van der Waals surface area contributed by atoms with Crippen molar-refractivity contribution in [1.82, 2.24) is 10.3 Å². The fraction of sp³-hybridized carbons (Fsp3) is 0.320. The summed E-state index contributed by atoms with van der Waals surface area (Å²) < 4.78 is 16.4. The van der Waals surface area contributed by atoms with Crippen LogP contribution in [-0.4, -0.2) is 42.4 Å². The van der Waals surface area contributed by atoms with Crippen LogP contribution < -0.4 is 10.1 Å². The highest BCUT2D eigenvalue weighted by Gasteiger charge is 2.22. The Balaban J connectivity index is 1.84. The number of benzene rings is 2. The molecular formula is C25H28N2O5. The molecule has 1 atom stereocenters. The van der Waals surface area contributed by atoms with Crippen molar-refractivity contribution in [3.8, 4) is 5.75 Å². The van der Waals surface area contributed by atoms with Crippen LogP contribution in [0.15, 0.2) is 60.9 Å². The van der Waals surface area contributed by atoms with Crippen LogP contribution in [0.4, 0.5) is 4.79 Å². The van der Waals surface area contributed by atoms with Gasteiger partial charge in [0.15, 0.2) is 0 Å². The molecule has 7 nitrogen and oxygen atoms in total. The molecule has 168 valence electrons. The minimum atomic E-state index is -0.618. The third kappa shape index (κ3) is 6.20. The summed E-state index contributed by atoms with van der Waals surface area (Å²) in [6.45, 7) is 5.56. The molecule has 1 amide bonds. The third-order valence-corrected chi connectivity index (χ3v) is 4.66. The average Bonchev–Trinajstić information content (AvgIpc) is 2.76. The van der Waals surface area contributed by atoms with Crippen molar-refractivity contribution in [1.29, 1.82) is 0 Å². The lowest BCUT2D eigenvalue weighted by molar-refractivity contribution is 0.0483. The Hall–Kier alpha value is -3.61. The van der Waals surface area contributed by atoms with Gasteiger partial charge in [-0.1, -0.05) is 30.3 Å². The number of ether oxygens (including phenoxy) is 3. The second-order valence-corrected chi connectivity index (χ2v) is 8.37. The molecule has 0 saturated heterocycles. The van der Waals surface area contributed by atoms with Crippen LogP contribution in [0.25, 0.3) is 10.8 Å². The summed E-state index contributed by atoms with van der Waals surface area (Å²) in [6, 6.07) is 14.7. The highest BCUT2D eigenvalue weighted by molar-refractivity contribution is 6.06. The number of esters is 1. The highest BCUT2D eigenvalue weighted by atomic mass is 16.6. The third-order valence-electron chi connectivity index (χ3n) is 4.66. The Morgan fingerprint density at radius 3 is 2.50 bits per heavy atom. The van der Waals surface area contributed by atoms with Gasteiger partial charge in [0.25, 0.3) is 0 Å². The zero-order chi connectivity index (χ0) is 23.1. The van der Waals surface area contributed by atoms with E-state index in [-0.39, 0.29) is 12.6 Å². The van der Waals surface area contributed by atoms with E-state index in [1.807, 2.05) is 57.2 Å². The van der Waals surface area contributed by atoms with E-state index in [0.29, 0.717) is 23.1 Å². The molecule has 0 bridgehead atoms. The molecule has 3 aromatic rings. The zero-order valence-corrected chi connectivity index (χ0v) is 18.8. The predicted octanol–water partition coefficient (Wildman–Crippen LogP) is 4.54. The summed E-state index contributed by atoms with van der Waals surface area (Å²) >= 11 is 0. The summed E-state index contributed by atoms with van der Waals surface area (Å²) in [7, 11) is 1.33. The standard InChI is InChI=1S/C25H28N2O5/c1-25(2,3)32-24(29)27-19(14-17-8-6-5-7-9-17)16-31-21-11-10-18-15-26-13-12-20(18)22(21)23(28)30-4/h5-13,15,19H,14,16H2,1-4H3,(H,27,29)/t19-/m1/s1. The van der Waals surface area contributed by atoms with Crippen LogP contribution in [-0.2, 0) is 15.9 Å². The molecule has 7 heteroatoms. The van der Waals surface area contributed by atoms with Gasteiger partial charge in [0.05, 0.1) is 13.2 Å². The average molecular weight is 437 g/mol. The van der Waals surface area contributed by atoms with Gasteiger partial charge in [-0.05, 0) is 51.0 Å². The second kappa shape index (κ2) is 10.1. The maximum atomic E-state index is 12.5. The maximum absolute atomic E-state index is 12.5. The molecule has 0 aliphatic carbocycles. The summed E-state index contributed by atoms with van der Waals surface area (Å²) in [6.07, 6.45) is 3.29. The van der Waals surface area contributed by atoms with Gasteiger partial charge in [-0.2, -0.15) is 0 Å². The largest absolute Gasteiger partial charge is 0.491 e. The van der Waals surface area contributed by atoms with E-state index in [9.17, 15) is 9.59 Å². The molecule has 0 fully saturated rings. The van der Waals surface area contributed by atoms with E-state index in [4.69, 9.17) is 14.2 Å². The minimum absolute atomic E-state index is 0.134. The highest BCUT2D eigenvalue weighted by Crippen LogP contribution is 2.28. The van der Waals surface area contributed by atoms with Crippen LogP contribution >= 0.6 is 0 Å². The van der Waals surface area contributed by atoms with E-state index in [0.717, 1.165) is 10.9 Å². The summed E-state index contributed by atoms with van der Waals surface area (Å²) in [5, 5.41) is 4.36. The molecule has 32 heavy (non-hydrogen) atoms. The Labute approximate surface area is 187 Å². The number of fused-ring (bicyclic) bond motifs is 1. The van der Waals surface area contributed by atoms with Gasteiger partial charge in [0.1, 0.15) is 23.5 Å². The monoisotopic (exact) mass is 436 g/mol. The van der Waals surface area contributed by atoms with Crippen molar-refractivity contribution in [3.63, 3.8) is 0 Å². The first-order chi connectivity index (χ1) is 15.3. The number of nitrogens with zero attached hydrogens (tertiary/aromatic N) is 1. The number of rotatable bonds is 7. The van der Waals surface area contributed by atoms with Crippen molar-refractivity contribution in [2.24, 2.45) is 0 Å². The lowest BCUT2D eigenvalue weighted by atomic mass is 10.0. The maximum Gasteiger partial charge on any atom is 0.408 e. The quantitative estimate of drug-likeness (QED) is 0.548. The molecular weight excluding hydrogens is 408 g/mol. The molecule has 2 aromatic carbocycles. The Kier molecular flexibility index (Phi) is 7.30. The molecule has 0 spiro atoms. The Morgan fingerprint density at radius 1 is 1.06 bits per heavy atom. The smallest absolute Gasteiger partial charge is 0.408 e. The topological polar surface area (TPSA) is 86.8 Å². The lowest BCUT2D eigenvalue weighted by Gasteiger charge is -2.24. The van der Waals surface area contributed by atoms with E-state index in [1.165, 1.54) is 7.11 Å². The van der Waals surface area contributed by atoms with Gasteiger partial charge in [-0.3, -0.25) is 4.98 Å². The van der Waals surface area contributed by atoms with E-state index in [2.05, 4.69) is 10.3 Å². The second-order valence-electron chi connectivity index (χ2n) is 8.37. The van der Waals surface area contributed by atoms with Crippen molar-refractivity contribution in [2.45, 2.75) is 38.8 Å². The Bertz CT molecular complexity index is 1080. The SMILES string of the molecule is COC(=O)c1c(OC[C@@H](Cc2ccccc2)NC(=O)OC(C)(C)C)ccc2cnccc12. The first-order valence-corrected chi connectivity index (χ1v) is 10.4. The van der Waals surface area contributed by atoms with Crippen molar-refractivity contribution in [2.75, 3.05) is 13.7 Å². The number of carbonyl (C=O) groups is 2. The minimum Gasteiger partial charge on any atom is -0.491 e. The van der Waals surface area contributed by atoms with E-state index >= 15 is 0 Å². The summed E-state index contributed by atoms with van der Waals surface area (Å²) in [4.78, 5) is 29.0. The molecule has 0 aliphatic heterocycles. The predicted molar refractivity (Wildman–Crippen MR) is 122 cm³/mol. The number of alkyl carbamates (subject to hydrolysis) is 1. The van der Waals surface area contributed by atoms with Gasteiger partial charge >= 0.3 is 12.1 Å². The first kappa shape index (κ1) is 23.1. The molecule has 1 N–H and O–H groups in total. The van der Waals surface area contributed by atoms with Crippen molar-refractivity contribution < 1.29 is 23.8 Å². The Morgan fingerprint density at radius 2 is 1.81 bits per heavy atom. The van der Waals surface area contributed by atoms with E-state index < -0.39 is 17.7 Å². The summed E-state index contributed by atoms with van der Waals surface area (Å²) in [5.74, 6) is -0.129. The number of pyridine rings is 1. The number of hydrogen-bond donors (Lipinski definition) is 1. The van der Waals surface area contributed by atoms with Crippen LogP contribution in [0.2, 0.25) is 0 Å². The van der Waals surface area contributed by atoms with Crippen LogP contribution in [0.1, 0.15) is 36.7 Å². The normalized spacial score (nSPS) is 12.1. The fourth-order valence-electron chi connectivity index (χ4n) is 3.30. The molecule has 0 unspecified atom stereocenters. The van der Waals surface area contributed by atoms with Crippen LogP contribution in [0.5, 0.6) is 5.75 Å². The number of methoxy groups -OCH3 is 1. The lowest BCUT2D eigenvalue weighted by Crippen LogP contribution is -2.43. The molecule has 0 aliphatic rings. The number of carbonyl (C=O) groups excluding carboxylic acids is 2. The number of nitrogens with one attached hydrogen (secondary N) is 1. The van der Waals surface area contributed by atoms with Crippen molar-refractivity contribution >= 4 is 22.8 Å². The molecule has 3 rings (SSSR count). The fourth-order valence-corrected chi connectivity index (χ4v) is 3.30. The van der Waals surface area contributed by atoms with Gasteiger partial charge in [0, 0.05) is 23.2 Å². The number of hydrogen-bond acceptors (Lipinski definition) is 6. The van der Waals surface area contributed by atoms with Crippen molar-refractivity contribution in [3.05, 3.63) is 72.1 Å². The summed E-state index contributed by atoms with van der Waals surface area (Å²) in [5.41, 5.74) is 0.741. The number of aromatic nitrogens is 1. The van der Waals surface area contributed by atoms with E-state index in [1.54, 1.807) is 24.5 Å². The van der Waals surface area contributed by atoms with Crippen LogP contribution in [0, 0.1) is 0 Å².